The number of urea groups is 1. The van der Waals surface area contributed by atoms with E-state index in [-0.39, 0.29) is 30.2 Å². The largest absolute Gasteiger partial charge is 0.466 e. The molecule has 1 N–H and O–H groups in total. The Labute approximate surface area is 159 Å². The number of hydrogen-bond donors (Lipinski definition) is 1. The molecule has 2 aliphatic heterocycles. The number of ether oxygens (including phenoxy) is 1. The van der Waals surface area contributed by atoms with Gasteiger partial charge in [0.15, 0.2) is 0 Å². The second kappa shape index (κ2) is 7.86. The van der Waals surface area contributed by atoms with E-state index in [0.717, 1.165) is 17.7 Å². The first-order valence-electron chi connectivity index (χ1n) is 9.95. The van der Waals surface area contributed by atoms with Crippen molar-refractivity contribution >= 4 is 23.8 Å². The standard InChI is InChI=1S/C19H29N3O5/c1-3-27-16(24)14-6-10-21(11-7-14)15(23)12-22-17(25)19(20-18(22)26)8-4-13(2)5-9-19/h13-14H,3-12H2,1-2H3,(H,20,26). The average molecular weight is 379 g/mol. The molecule has 1 saturated carbocycles. The Morgan fingerprint density at radius 2 is 1.78 bits per heavy atom. The van der Waals surface area contributed by atoms with Gasteiger partial charge in [-0.2, -0.15) is 0 Å². The van der Waals surface area contributed by atoms with Crippen molar-refractivity contribution in [3.05, 3.63) is 0 Å². The molecule has 0 radical (unpaired) electrons. The van der Waals surface area contributed by atoms with Gasteiger partial charge < -0.3 is 15.0 Å². The Bertz CT molecular complexity index is 619. The quantitative estimate of drug-likeness (QED) is 0.586. The van der Waals surface area contributed by atoms with Gasteiger partial charge in [-0.15, -0.1) is 0 Å². The van der Waals surface area contributed by atoms with Crippen LogP contribution in [0.4, 0.5) is 4.79 Å². The van der Waals surface area contributed by atoms with E-state index in [1.807, 2.05) is 0 Å². The molecule has 1 aliphatic carbocycles. The van der Waals surface area contributed by atoms with Crippen molar-refractivity contribution in [1.82, 2.24) is 15.1 Å². The van der Waals surface area contributed by atoms with Crippen LogP contribution in [0.25, 0.3) is 0 Å². The third-order valence-electron chi connectivity index (χ3n) is 6.13. The molecule has 0 aromatic rings. The molecule has 3 rings (SSSR count). The first-order valence-corrected chi connectivity index (χ1v) is 9.95. The molecule has 2 heterocycles. The van der Waals surface area contributed by atoms with E-state index in [2.05, 4.69) is 12.2 Å². The summed E-state index contributed by atoms with van der Waals surface area (Å²) in [4.78, 5) is 52.3. The minimum atomic E-state index is -0.819. The van der Waals surface area contributed by atoms with Gasteiger partial charge in [0.25, 0.3) is 5.91 Å². The molecule has 3 aliphatic rings. The fourth-order valence-electron chi connectivity index (χ4n) is 4.27. The predicted molar refractivity (Wildman–Crippen MR) is 96.5 cm³/mol. The Balaban J connectivity index is 1.55. The maximum atomic E-state index is 12.8. The van der Waals surface area contributed by atoms with Gasteiger partial charge in [-0.1, -0.05) is 6.92 Å². The van der Waals surface area contributed by atoms with Gasteiger partial charge in [0, 0.05) is 13.1 Å². The highest BCUT2D eigenvalue weighted by Gasteiger charge is 2.52. The summed E-state index contributed by atoms with van der Waals surface area (Å²) in [5.74, 6) is -0.363. The number of imide groups is 1. The third kappa shape index (κ3) is 3.94. The number of esters is 1. The molecule has 8 heteroatoms. The number of carbonyl (C=O) groups is 4. The first kappa shape index (κ1) is 19.6. The van der Waals surface area contributed by atoms with E-state index < -0.39 is 11.6 Å². The number of nitrogens with one attached hydrogen (secondary N) is 1. The SMILES string of the molecule is CCOC(=O)C1CCN(C(=O)CN2C(=O)NC3(CCC(C)CC3)C2=O)CC1. The van der Waals surface area contributed by atoms with Gasteiger partial charge in [-0.25, -0.2) is 4.79 Å². The summed E-state index contributed by atoms with van der Waals surface area (Å²) in [7, 11) is 0. The topological polar surface area (TPSA) is 96.0 Å². The summed E-state index contributed by atoms with van der Waals surface area (Å²) in [5.41, 5.74) is -0.819. The highest BCUT2D eigenvalue weighted by Crippen LogP contribution is 2.36. The van der Waals surface area contributed by atoms with Crippen molar-refractivity contribution in [2.45, 2.75) is 57.9 Å². The fraction of sp³-hybridized carbons (Fsp3) is 0.789. The summed E-state index contributed by atoms with van der Waals surface area (Å²) in [6, 6.07) is -0.468. The van der Waals surface area contributed by atoms with Gasteiger partial charge in [-0.3, -0.25) is 19.3 Å². The van der Waals surface area contributed by atoms with Gasteiger partial charge in [0.1, 0.15) is 12.1 Å². The number of piperidine rings is 1. The van der Waals surface area contributed by atoms with Gasteiger partial charge in [0.05, 0.1) is 12.5 Å². The summed E-state index contributed by atoms with van der Waals surface area (Å²) >= 11 is 0. The lowest BCUT2D eigenvalue weighted by atomic mass is 9.77. The Morgan fingerprint density at radius 3 is 2.37 bits per heavy atom. The molecule has 0 atom stereocenters. The van der Waals surface area contributed by atoms with Crippen LogP contribution in [0.2, 0.25) is 0 Å². The minimum absolute atomic E-state index is 0.182. The highest BCUT2D eigenvalue weighted by atomic mass is 16.5. The molecule has 1 spiro atoms. The fourth-order valence-corrected chi connectivity index (χ4v) is 4.27. The molecule has 0 aromatic carbocycles. The summed E-state index contributed by atoms with van der Waals surface area (Å²) < 4.78 is 5.04. The maximum absolute atomic E-state index is 12.8. The zero-order valence-corrected chi connectivity index (χ0v) is 16.2. The van der Waals surface area contributed by atoms with Crippen molar-refractivity contribution in [2.75, 3.05) is 26.2 Å². The second-order valence-corrected chi connectivity index (χ2v) is 7.99. The molecule has 0 unspecified atom stereocenters. The smallest absolute Gasteiger partial charge is 0.325 e. The number of carbonyl (C=O) groups excluding carboxylic acids is 4. The summed E-state index contributed by atoms with van der Waals surface area (Å²) in [6.45, 7) is 4.92. The lowest BCUT2D eigenvalue weighted by Gasteiger charge is -2.34. The van der Waals surface area contributed by atoms with E-state index in [1.165, 1.54) is 0 Å². The average Bonchev–Trinajstić information content (AvgIpc) is 2.89. The van der Waals surface area contributed by atoms with Crippen molar-refractivity contribution in [3.63, 3.8) is 0 Å². The molecular weight excluding hydrogens is 350 g/mol. The van der Waals surface area contributed by atoms with E-state index >= 15 is 0 Å². The molecule has 3 fully saturated rings. The zero-order chi connectivity index (χ0) is 19.6. The normalized spacial score (nSPS) is 29.2. The van der Waals surface area contributed by atoms with Gasteiger partial charge >= 0.3 is 12.0 Å². The number of likely N-dealkylation sites (tertiary alicyclic amines) is 1. The van der Waals surface area contributed by atoms with Crippen LogP contribution < -0.4 is 5.32 Å². The van der Waals surface area contributed by atoms with E-state index in [0.29, 0.717) is 51.3 Å². The van der Waals surface area contributed by atoms with Gasteiger partial charge in [-0.05, 0) is 51.4 Å². The van der Waals surface area contributed by atoms with E-state index in [1.54, 1.807) is 11.8 Å². The lowest BCUT2D eigenvalue weighted by Crippen LogP contribution is -2.50. The van der Waals surface area contributed by atoms with Crippen LogP contribution >= 0.6 is 0 Å². The molecule has 0 aromatic heterocycles. The van der Waals surface area contributed by atoms with Crippen LogP contribution in [-0.2, 0) is 19.1 Å². The summed E-state index contributed by atoms with van der Waals surface area (Å²) in [6.07, 6.45) is 4.16. The van der Waals surface area contributed by atoms with Crippen LogP contribution in [0.15, 0.2) is 0 Å². The first-order chi connectivity index (χ1) is 12.9. The lowest BCUT2D eigenvalue weighted by molar-refractivity contribution is -0.151. The van der Waals surface area contributed by atoms with Crippen molar-refractivity contribution < 1.29 is 23.9 Å². The number of rotatable bonds is 4. The number of amides is 4. The predicted octanol–water partition coefficient (Wildman–Crippen LogP) is 1.29. The van der Waals surface area contributed by atoms with Crippen LogP contribution in [0.3, 0.4) is 0 Å². The maximum Gasteiger partial charge on any atom is 0.325 e. The highest BCUT2D eigenvalue weighted by molar-refractivity contribution is 6.09. The van der Waals surface area contributed by atoms with Crippen molar-refractivity contribution in [3.8, 4) is 0 Å². The summed E-state index contributed by atoms with van der Waals surface area (Å²) in [5, 5.41) is 2.84. The molecule has 4 amide bonds. The van der Waals surface area contributed by atoms with Crippen molar-refractivity contribution in [1.29, 1.82) is 0 Å². The van der Waals surface area contributed by atoms with Crippen LogP contribution in [0.5, 0.6) is 0 Å². The van der Waals surface area contributed by atoms with Crippen LogP contribution in [-0.4, -0.2) is 65.4 Å². The Hall–Kier alpha value is -2.12. The number of nitrogens with zero attached hydrogens (tertiary/aromatic N) is 2. The number of hydrogen-bond acceptors (Lipinski definition) is 5. The third-order valence-corrected chi connectivity index (χ3v) is 6.13. The van der Waals surface area contributed by atoms with E-state index in [9.17, 15) is 19.2 Å². The molecule has 2 saturated heterocycles. The van der Waals surface area contributed by atoms with Crippen LogP contribution in [0, 0.1) is 11.8 Å². The molecule has 8 nitrogen and oxygen atoms in total. The van der Waals surface area contributed by atoms with Crippen LogP contribution in [0.1, 0.15) is 52.4 Å². The second-order valence-electron chi connectivity index (χ2n) is 7.99. The Kier molecular flexibility index (Phi) is 5.72. The molecule has 27 heavy (non-hydrogen) atoms. The minimum Gasteiger partial charge on any atom is -0.466 e. The van der Waals surface area contributed by atoms with E-state index in [4.69, 9.17) is 4.74 Å². The Morgan fingerprint density at radius 1 is 1.15 bits per heavy atom. The van der Waals surface area contributed by atoms with Crippen molar-refractivity contribution in [2.24, 2.45) is 11.8 Å². The molecule has 0 bridgehead atoms. The molecular formula is C19H29N3O5. The monoisotopic (exact) mass is 379 g/mol. The van der Waals surface area contributed by atoms with Gasteiger partial charge in [0.2, 0.25) is 5.91 Å². The molecule has 150 valence electrons. The zero-order valence-electron chi connectivity index (χ0n) is 16.2.